The molecule has 0 aromatic heterocycles. The third-order valence-corrected chi connectivity index (χ3v) is 4.47. The molecule has 4 heteroatoms. The Morgan fingerprint density at radius 1 is 1.10 bits per heavy atom. The molecule has 1 fully saturated rings. The fourth-order valence-electron chi connectivity index (χ4n) is 3.18. The molecular weight excluding hydrogens is 270 g/mol. The van der Waals surface area contributed by atoms with E-state index in [4.69, 9.17) is 17.0 Å². The molecule has 0 saturated carbocycles. The molecule has 20 heavy (non-hydrogen) atoms. The topological polar surface area (TPSA) is 32.7 Å². The molecule has 1 atom stereocenters. The molecule has 3 nitrogen and oxygen atoms in total. The maximum atomic E-state index is 9.50. The van der Waals surface area contributed by atoms with Crippen LogP contribution in [0.5, 0.6) is 5.75 Å². The minimum absolute atomic E-state index is 0.253. The lowest BCUT2D eigenvalue weighted by Crippen LogP contribution is -2.40. The van der Waals surface area contributed by atoms with Crippen LogP contribution < -0.4 is 0 Å². The molecule has 0 radical (unpaired) electrons. The van der Waals surface area contributed by atoms with E-state index in [-0.39, 0.29) is 5.75 Å². The predicted octanol–water partition coefficient (Wildman–Crippen LogP) is 2.61. The van der Waals surface area contributed by atoms with Crippen LogP contribution in [0.4, 0.5) is 0 Å². The number of ether oxygens (including phenoxy) is 1. The number of fused-ring (bicyclic) bond motifs is 3. The Balaban J connectivity index is 1.99. The normalized spacial score (nSPS) is 23.8. The summed E-state index contributed by atoms with van der Waals surface area (Å²) in [5.74, 6) is 0.253. The van der Waals surface area contributed by atoms with Crippen LogP contribution >= 0.6 is 12.2 Å². The molecule has 2 heterocycles. The lowest BCUT2D eigenvalue weighted by molar-refractivity contribution is -0.0155. The third-order valence-electron chi connectivity index (χ3n) is 4.03. The zero-order valence-electron chi connectivity index (χ0n) is 10.7. The van der Waals surface area contributed by atoms with Crippen molar-refractivity contribution in [2.75, 3.05) is 13.2 Å². The van der Waals surface area contributed by atoms with Gasteiger partial charge in [-0.15, -0.1) is 0 Å². The Labute approximate surface area is 122 Å². The van der Waals surface area contributed by atoms with Crippen molar-refractivity contribution >= 4 is 17.2 Å². The van der Waals surface area contributed by atoms with E-state index in [0.717, 1.165) is 28.2 Å². The lowest BCUT2D eigenvalue weighted by atomic mass is 9.94. The summed E-state index contributed by atoms with van der Waals surface area (Å²) in [6.07, 6.45) is 0. The van der Waals surface area contributed by atoms with Crippen LogP contribution in [0.1, 0.15) is 16.7 Å². The monoisotopic (exact) mass is 283 g/mol. The first-order chi connectivity index (χ1) is 9.73. The van der Waals surface area contributed by atoms with Gasteiger partial charge in [-0.3, -0.25) is 0 Å². The third kappa shape index (κ3) is 1.35. The minimum Gasteiger partial charge on any atom is -0.508 e. The largest absolute Gasteiger partial charge is 0.508 e. The van der Waals surface area contributed by atoms with E-state index >= 15 is 0 Å². The Kier molecular flexibility index (Phi) is 2.40. The van der Waals surface area contributed by atoms with Gasteiger partial charge in [-0.1, -0.05) is 48.6 Å². The zero-order valence-corrected chi connectivity index (χ0v) is 11.6. The Bertz CT molecular complexity index is 698. The number of thiocarbonyl (C=S) groups is 1. The second-order valence-corrected chi connectivity index (χ2v) is 5.43. The van der Waals surface area contributed by atoms with E-state index in [1.54, 1.807) is 12.1 Å². The van der Waals surface area contributed by atoms with E-state index < -0.39 is 5.72 Å². The van der Waals surface area contributed by atoms with Crippen LogP contribution in [-0.4, -0.2) is 28.1 Å². The molecule has 0 amide bonds. The van der Waals surface area contributed by atoms with Gasteiger partial charge in [-0.2, -0.15) is 0 Å². The highest BCUT2D eigenvalue weighted by atomic mass is 32.1. The molecule has 1 unspecified atom stereocenters. The lowest BCUT2D eigenvalue weighted by Gasteiger charge is -2.33. The summed E-state index contributed by atoms with van der Waals surface area (Å²) in [5.41, 5.74) is 2.53. The quantitative estimate of drug-likeness (QED) is 0.816. The molecular formula is C16H13NO2S. The SMILES string of the molecule is Oc1ccc(C23OCCN2C(=S)c2ccccc23)cc1. The first-order valence-electron chi connectivity index (χ1n) is 6.58. The molecule has 100 valence electrons. The van der Waals surface area contributed by atoms with Gasteiger partial charge in [-0.25, -0.2) is 0 Å². The highest BCUT2D eigenvalue weighted by Gasteiger charge is 2.53. The molecule has 0 aliphatic carbocycles. The molecule has 1 saturated heterocycles. The summed E-state index contributed by atoms with van der Waals surface area (Å²) in [4.78, 5) is 2.98. The molecule has 0 bridgehead atoms. The number of rotatable bonds is 1. The first kappa shape index (κ1) is 11.9. The van der Waals surface area contributed by atoms with E-state index in [2.05, 4.69) is 11.0 Å². The number of benzene rings is 2. The molecule has 2 aromatic rings. The minimum atomic E-state index is -0.624. The summed E-state index contributed by atoms with van der Waals surface area (Å²) in [7, 11) is 0. The van der Waals surface area contributed by atoms with Crippen LogP contribution in [0, 0.1) is 0 Å². The van der Waals surface area contributed by atoms with Crippen molar-refractivity contribution in [1.29, 1.82) is 0 Å². The van der Waals surface area contributed by atoms with Crippen LogP contribution in [0.2, 0.25) is 0 Å². The standard InChI is InChI=1S/C16H13NO2S/c18-12-7-5-11(6-8-12)16-14-4-2-1-3-13(14)15(20)17(16)9-10-19-16/h1-8,18H,9-10H2. The summed E-state index contributed by atoms with van der Waals surface area (Å²) in [6, 6.07) is 15.3. The van der Waals surface area contributed by atoms with Crippen LogP contribution in [0.15, 0.2) is 48.5 Å². The average Bonchev–Trinajstić information content (AvgIpc) is 3.01. The smallest absolute Gasteiger partial charge is 0.195 e. The highest BCUT2D eigenvalue weighted by molar-refractivity contribution is 7.80. The number of aromatic hydroxyl groups is 1. The van der Waals surface area contributed by atoms with Crippen molar-refractivity contribution in [2.45, 2.75) is 5.72 Å². The zero-order chi connectivity index (χ0) is 13.7. The number of hydrogen-bond acceptors (Lipinski definition) is 3. The Morgan fingerprint density at radius 2 is 1.85 bits per heavy atom. The first-order valence-corrected chi connectivity index (χ1v) is 6.99. The Hall–Kier alpha value is -1.91. The second kappa shape index (κ2) is 4.04. The molecule has 2 aliphatic heterocycles. The molecule has 0 spiro atoms. The molecule has 2 aliphatic rings. The van der Waals surface area contributed by atoms with Gasteiger partial charge in [0.25, 0.3) is 0 Å². The van der Waals surface area contributed by atoms with E-state index in [0.29, 0.717) is 6.61 Å². The number of phenols is 1. The number of phenolic OH excluding ortho intramolecular Hbond substituents is 1. The van der Waals surface area contributed by atoms with Gasteiger partial charge < -0.3 is 14.7 Å². The van der Waals surface area contributed by atoms with Crippen molar-refractivity contribution in [1.82, 2.24) is 4.90 Å². The number of hydrogen-bond donors (Lipinski definition) is 1. The van der Waals surface area contributed by atoms with E-state index in [1.165, 1.54) is 0 Å². The van der Waals surface area contributed by atoms with Crippen LogP contribution in [0.25, 0.3) is 0 Å². The van der Waals surface area contributed by atoms with Gasteiger partial charge in [0, 0.05) is 23.2 Å². The van der Waals surface area contributed by atoms with Gasteiger partial charge >= 0.3 is 0 Å². The van der Waals surface area contributed by atoms with Gasteiger partial charge in [0.2, 0.25) is 0 Å². The second-order valence-electron chi connectivity index (χ2n) is 5.04. The van der Waals surface area contributed by atoms with Crippen molar-refractivity contribution < 1.29 is 9.84 Å². The van der Waals surface area contributed by atoms with Crippen LogP contribution in [0.3, 0.4) is 0 Å². The molecule has 2 aromatic carbocycles. The van der Waals surface area contributed by atoms with E-state index in [1.807, 2.05) is 30.3 Å². The van der Waals surface area contributed by atoms with Crippen molar-refractivity contribution in [3.63, 3.8) is 0 Å². The van der Waals surface area contributed by atoms with E-state index in [9.17, 15) is 5.11 Å². The summed E-state index contributed by atoms with van der Waals surface area (Å²) in [6.45, 7) is 1.43. The van der Waals surface area contributed by atoms with Crippen LogP contribution in [-0.2, 0) is 10.5 Å². The van der Waals surface area contributed by atoms with Crippen molar-refractivity contribution in [2.24, 2.45) is 0 Å². The maximum Gasteiger partial charge on any atom is 0.195 e. The summed E-state index contributed by atoms with van der Waals surface area (Å²) >= 11 is 5.61. The van der Waals surface area contributed by atoms with Gasteiger partial charge in [0.15, 0.2) is 5.72 Å². The maximum absolute atomic E-state index is 9.50. The fourth-order valence-corrected chi connectivity index (χ4v) is 3.58. The van der Waals surface area contributed by atoms with Gasteiger partial charge in [0.1, 0.15) is 10.7 Å². The van der Waals surface area contributed by atoms with Gasteiger partial charge in [0.05, 0.1) is 6.61 Å². The van der Waals surface area contributed by atoms with Crippen molar-refractivity contribution in [3.05, 3.63) is 65.2 Å². The average molecular weight is 283 g/mol. The predicted molar refractivity (Wildman–Crippen MR) is 79.7 cm³/mol. The van der Waals surface area contributed by atoms with Gasteiger partial charge in [-0.05, 0) is 12.1 Å². The van der Waals surface area contributed by atoms with Crippen molar-refractivity contribution in [3.8, 4) is 5.75 Å². The Morgan fingerprint density at radius 3 is 2.65 bits per heavy atom. The highest BCUT2D eigenvalue weighted by Crippen LogP contribution is 2.48. The summed E-state index contributed by atoms with van der Waals surface area (Å²) in [5, 5.41) is 9.50. The fraction of sp³-hybridized carbons (Fsp3) is 0.188. The number of nitrogens with zero attached hydrogens (tertiary/aromatic N) is 1. The summed E-state index contributed by atoms with van der Waals surface area (Å²) < 4.78 is 6.14. The molecule has 1 N–H and O–H groups in total. The molecule has 4 rings (SSSR count).